The molecule has 0 spiro atoms. The molecular formula is C16H21N3OS. The summed E-state index contributed by atoms with van der Waals surface area (Å²) in [5.41, 5.74) is 1.24. The molecule has 0 bridgehead atoms. The molecule has 21 heavy (non-hydrogen) atoms. The van der Waals surface area contributed by atoms with Gasteiger partial charge in [0.1, 0.15) is 16.2 Å². The van der Waals surface area contributed by atoms with Crippen molar-refractivity contribution in [1.82, 2.24) is 9.97 Å². The first-order valence-electron chi connectivity index (χ1n) is 7.89. The van der Waals surface area contributed by atoms with E-state index in [9.17, 15) is 0 Å². The second kappa shape index (κ2) is 4.92. The van der Waals surface area contributed by atoms with Crippen LogP contribution < -0.4 is 5.32 Å². The van der Waals surface area contributed by atoms with Crippen molar-refractivity contribution in [2.75, 3.05) is 19.0 Å². The lowest BCUT2D eigenvalue weighted by molar-refractivity contribution is -0.0843. The molecule has 2 heterocycles. The highest BCUT2D eigenvalue weighted by Crippen LogP contribution is 2.45. The summed E-state index contributed by atoms with van der Waals surface area (Å²) in [6.07, 6.45) is 6.91. The van der Waals surface area contributed by atoms with Gasteiger partial charge >= 0.3 is 0 Å². The van der Waals surface area contributed by atoms with E-state index >= 15 is 0 Å². The van der Waals surface area contributed by atoms with E-state index in [2.05, 4.69) is 12.2 Å². The summed E-state index contributed by atoms with van der Waals surface area (Å²) in [6, 6.07) is 0. The van der Waals surface area contributed by atoms with Crippen LogP contribution in [0.2, 0.25) is 0 Å². The minimum atomic E-state index is -0.243. The van der Waals surface area contributed by atoms with E-state index in [0.717, 1.165) is 35.9 Å². The van der Waals surface area contributed by atoms with E-state index in [4.69, 9.17) is 14.7 Å². The normalized spacial score (nSPS) is 19.5. The molecule has 5 heteroatoms. The molecule has 0 saturated heterocycles. The number of thiophene rings is 1. The molecule has 2 aromatic rings. The maximum atomic E-state index is 5.77. The third kappa shape index (κ3) is 1.90. The van der Waals surface area contributed by atoms with Crippen molar-refractivity contribution in [3.05, 3.63) is 16.3 Å². The van der Waals surface area contributed by atoms with Gasteiger partial charge in [-0.15, -0.1) is 11.3 Å². The van der Waals surface area contributed by atoms with Crippen LogP contribution in [0.15, 0.2) is 0 Å². The Morgan fingerprint density at radius 2 is 2.10 bits per heavy atom. The first kappa shape index (κ1) is 13.5. The van der Waals surface area contributed by atoms with E-state index < -0.39 is 0 Å². The first-order chi connectivity index (χ1) is 10.3. The van der Waals surface area contributed by atoms with Gasteiger partial charge in [-0.1, -0.05) is 0 Å². The quantitative estimate of drug-likeness (QED) is 0.937. The van der Waals surface area contributed by atoms with E-state index in [1.165, 1.54) is 41.5 Å². The van der Waals surface area contributed by atoms with E-state index in [-0.39, 0.29) is 5.60 Å². The molecule has 4 rings (SSSR count). The summed E-state index contributed by atoms with van der Waals surface area (Å²) in [7, 11) is 1.79. The van der Waals surface area contributed by atoms with Crippen LogP contribution in [0.3, 0.4) is 0 Å². The Kier molecular flexibility index (Phi) is 3.15. The summed E-state index contributed by atoms with van der Waals surface area (Å²) in [4.78, 5) is 12.4. The first-order valence-corrected chi connectivity index (χ1v) is 8.71. The van der Waals surface area contributed by atoms with E-state index in [0.29, 0.717) is 0 Å². The molecule has 2 aliphatic carbocycles. The zero-order chi connectivity index (χ0) is 14.4. The zero-order valence-corrected chi connectivity index (χ0v) is 13.5. The standard InChI is InChI=1S/C16H21N3OS/c1-3-17-13-12-10-6-4-7-11(10)21-14(12)19-15(18-13)16(20-2)8-5-9-16/h3-9H2,1-2H3,(H,17,18,19). The Morgan fingerprint density at radius 1 is 1.24 bits per heavy atom. The summed E-state index contributed by atoms with van der Waals surface area (Å²) < 4.78 is 5.77. The van der Waals surface area contributed by atoms with Gasteiger partial charge in [0.25, 0.3) is 0 Å². The molecule has 0 amide bonds. The summed E-state index contributed by atoms with van der Waals surface area (Å²) >= 11 is 1.86. The highest BCUT2D eigenvalue weighted by molar-refractivity contribution is 7.19. The van der Waals surface area contributed by atoms with Crippen LogP contribution in [0.4, 0.5) is 5.82 Å². The maximum absolute atomic E-state index is 5.77. The molecular weight excluding hydrogens is 282 g/mol. The molecule has 0 aromatic carbocycles. The third-order valence-electron chi connectivity index (χ3n) is 4.87. The molecule has 0 radical (unpaired) electrons. The van der Waals surface area contributed by atoms with Crippen LogP contribution in [0, 0.1) is 0 Å². The predicted octanol–water partition coefficient (Wildman–Crippen LogP) is 3.64. The minimum absolute atomic E-state index is 0.243. The Bertz CT molecular complexity index is 685. The molecule has 0 unspecified atom stereocenters. The summed E-state index contributed by atoms with van der Waals surface area (Å²) in [5, 5.41) is 4.72. The van der Waals surface area contributed by atoms with Crippen molar-refractivity contribution >= 4 is 27.4 Å². The Morgan fingerprint density at radius 3 is 2.76 bits per heavy atom. The number of anilines is 1. The number of aromatic nitrogens is 2. The van der Waals surface area contributed by atoms with Crippen LogP contribution in [-0.4, -0.2) is 23.6 Å². The molecule has 2 aromatic heterocycles. The second-order valence-electron chi connectivity index (χ2n) is 6.02. The lowest BCUT2D eigenvalue weighted by Crippen LogP contribution is -2.38. The molecule has 0 atom stereocenters. The number of hydrogen-bond donors (Lipinski definition) is 1. The summed E-state index contributed by atoms with van der Waals surface area (Å²) in [6.45, 7) is 3.01. The smallest absolute Gasteiger partial charge is 0.164 e. The van der Waals surface area contributed by atoms with Crippen LogP contribution in [-0.2, 0) is 23.2 Å². The number of rotatable bonds is 4. The lowest BCUT2D eigenvalue weighted by Gasteiger charge is -2.38. The van der Waals surface area contributed by atoms with Gasteiger partial charge in [-0.25, -0.2) is 9.97 Å². The van der Waals surface area contributed by atoms with Gasteiger partial charge in [-0.2, -0.15) is 0 Å². The zero-order valence-electron chi connectivity index (χ0n) is 12.7. The number of aryl methyl sites for hydroxylation is 2. The second-order valence-corrected chi connectivity index (χ2v) is 7.10. The molecule has 1 fully saturated rings. The van der Waals surface area contributed by atoms with Gasteiger partial charge in [0.2, 0.25) is 0 Å². The van der Waals surface area contributed by atoms with Crippen LogP contribution in [0.5, 0.6) is 0 Å². The van der Waals surface area contributed by atoms with E-state index in [1.54, 1.807) is 7.11 Å². The molecule has 112 valence electrons. The topological polar surface area (TPSA) is 47.0 Å². The lowest BCUT2D eigenvalue weighted by atomic mass is 9.79. The predicted molar refractivity (Wildman–Crippen MR) is 86.1 cm³/mol. The fraction of sp³-hybridized carbons (Fsp3) is 0.625. The third-order valence-corrected chi connectivity index (χ3v) is 6.05. The monoisotopic (exact) mass is 303 g/mol. The Hall–Kier alpha value is -1.20. The number of ether oxygens (including phenoxy) is 1. The van der Waals surface area contributed by atoms with Gasteiger partial charge in [-0.3, -0.25) is 0 Å². The van der Waals surface area contributed by atoms with Crippen molar-refractivity contribution in [1.29, 1.82) is 0 Å². The average molecular weight is 303 g/mol. The molecule has 4 nitrogen and oxygen atoms in total. The molecule has 0 aliphatic heterocycles. The van der Waals surface area contributed by atoms with E-state index in [1.807, 2.05) is 11.3 Å². The Labute approximate surface area is 128 Å². The number of hydrogen-bond acceptors (Lipinski definition) is 5. The fourth-order valence-electron chi connectivity index (χ4n) is 3.51. The van der Waals surface area contributed by atoms with Crippen LogP contribution in [0.25, 0.3) is 10.2 Å². The van der Waals surface area contributed by atoms with Crippen molar-refractivity contribution in [2.24, 2.45) is 0 Å². The van der Waals surface area contributed by atoms with Crippen molar-refractivity contribution < 1.29 is 4.74 Å². The maximum Gasteiger partial charge on any atom is 0.164 e. The molecule has 1 N–H and O–H groups in total. The van der Waals surface area contributed by atoms with Crippen LogP contribution >= 0.6 is 11.3 Å². The fourth-order valence-corrected chi connectivity index (χ4v) is 4.77. The van der Waals surface area contributed by atoms with Gasteiger partial charge in [0.15, 0.2) is 5.82 Å². The van der Waals surface area contributed by atoms with Crippen molar-refractivity contribution in [3.8, 4) is 0 Å². The van der Waals surface area contributed by atoms with Crippen molar-refractivity contribution in [2.45, 2.75) is 51.0 Å². The van der Waals surface area contributed by atoms with Crippen LogP contribution in [0.1, 0.15) is 48.9 Å². The number of nitrogens with zero attached hydrogens (tertiary/aromatic N) is 2. The van der Waals surface area contributed by atoms with Crippen molar-refractivity contribution in [3.63, 3.8) is 0 Å². The van der Waals surface area contributed by atoms with Gasteiger partial charge in [0.05, 0.1) is 5.39 Å². The highest BCUT2D eigenvalue weighted by atomic mass is 32.1. The van der Waals surface area contributed by atoms with Gasteiger partial charge < -0.3 is 10.1 Å². The minimum Gasteiger partial charge on any atom is -0.370 e. The number of fused-ring (bicyclic) bond motifs is 3. The van der Waals surface area contributed by atoms with Gasteiger partial charge in [-0.05, 0) is 51.0 Å². The average Bonchev–Trinajstić information content (AvgIpc) is 2.98. The molecule has 1 saturated carbocycles. The number of methoxy groups -OCH3 is 1. The summed E-state index contributed by atoms with van der Waals surface area (Å²) in [5.74, 6) is 1.89. The van der Waals surface area contributed by atoms with Gasteiger partial charge in [0, 0.05) is 18.5 Å². The highest BCUT2D eigenvalue weighted by Gasteiger charge is 2.42. The number of nitrogens with one attached hydrogen (secondary N) is 1. The largest absolute Gasteiger partial charge is 0.370 e. The Balaban J connectivity index is 1.91. The SMILES string of the molecule is CCNc1nc(C2(OC)CCC2)nc2sc3c(c12)CCC3. The molecule has 2 aliphatic rings.